The van der Waals surface area contributed by atoms with Crippen molar-refractivity contribution in [3.05, 3.63) is 47.0 Å². The molecule has 1 aromatic carbocycles. The van der Waals surface area contributed by atoms with Gasteiger partial charge in [-0.05, 0) is 45.0 Å². The number of aryl methyl sites for hydroxylation is 1. The summed E-state index contributed by atoms with van der Waals surface area (Å²) in [5.41, 5.74) is 3.19. The number of hydrogen-bond acceptors (Lipinski definition) is 3. The molecule has 118 valence electrons. The summed E-state index contributed by atoms with van der Waals surface area (Å²) in [4.78, 5) is 11.9. The number of amides is 1. The largest absolute Gasteiger partial charge is 0.392 e. The van der Waals surface area contributed by atoms with Crippen LogP contribution >= 0.6 is 0 Å². The van der Waals surface area contributed by atoms with Gasteiger partial charge >= 0.3 is 0 Å². The monoisotopic (exact) mass is 305 g/mol. The fraction of sp³-hybridized carbons (Fsp3) is 0.375. The molecule has 22 heavy (non-hydrogen) atoms. The lowest BCUT2D eigenvalue weighted by atomic mass is 10.1. The molecule has 1 unspecified atom stereocenters. The molecule has 1 aromatic heterocycles. The third-order valence-corrected chi connectivity index (χ3v) is 3.44. The maximum atomic E-state index is 13.0. The summed E-state index contributed by atoms with van der Waals surface area (Å²) < 4.78 is 14.7. The first kappa shape index (κ1) is 16.2. The first-order chi connectivity index (χ1) is 10.4. The lowest BCUT2D eigenvalue weighted by Crippen LogP contribution is -2.31. The minimum atomic E-state index is -0.576. The Labute approximate surface area is 128 Å². The summed E-state index contributed by atoms with van der Waals surface area (Å²) >= 11 is 0. The molecular formula is C16H20FN3O2. The van der Waals surface area contributed by atoms with E-state index in [1.807, 2.05) is 13.8 Å². The molecule has 0 aliphatic carbocycles. The van der Waals surface area contributed by atoms with E-state index in [4.69, 9.17) is 0 Å². The summed E-state index contributed by atoms with van der Waals surface area (Å²) in [5, 5.41) is 16.3. The van der Waals surface area contributed by atoms with Gasteiger partial charge in [-0.15, -0.1) is 0 Å². The Morgan fingerprint density at radius 1 is 1.36 bits per heavy atom. The minimum Gasteiger partial charge on any atom is -0.392 e. The molecule has 1 amide bonds. The molecule has 1 heterocycles. The predicted octanol–water partition coefficient (Wildman–Crippen LogP) is 1.67. The maximum absolute atomic E-state index is 13.0. The molecule has 1 atom stereocenters. The van der Waals surface area contributed by atoms with Crippen LogP contribution in [0, 0.1) is 19.7 Å². The Bertz CT molecular complexity index is 663. The SMILES string of the molecule is Cc1nn(-c2ccc(F)cc2)c(C)c1CC(=O)NCC(C)O. The standard InChI is InChI=1S/C16H20FN3O2/c1-10(21)9-18-16(22)8-15-11(2)19-20(12(15)3)14-6-4-13(17)5-7-14/h4-7,10,21H,8-9H2,1-3H3,(H,18,22). The fourth-order valence-corrected chi connectivity index (χ4v) is 2.25. The van der Waals surface area contributed by atoms with Crippen LogP contribution in [0.3, 0.4) is 0 Å². The number of carbonyl (C=O) groups excluding carboxylic acids is 1. The Morgan fingerprint density at radius 3 is 2.59 bits per heavy atom. The number of hydrogen-bond donors (Lipinski definition) is 2. The van der Waals surface area contributed by atoms with Gasteiger partial charge in [0.1, 0.15) is 5.82 Å². The number of aromatic nitrogens is 2. The lowest BCUT2D eigenvalue weighted by molar-refractivity contribution is -0.120. The Balaban J connectivity index is 2.20. The smallest absolute Gasteiger partial charge is 0.224 e. The van der Waals surface area contributed by atoms with Crippen molar-refractivity contribution in [3.8, 4) is 5.69 Å². The molecule has 0 spiro atoms. The van der Waals surface area contributed by atoms with E-state index < -0.39 is 6.10 Å². The number of carbonyl (C=O) groups is 1. The van der Waals surface area contributed by atoms with Gasteiger partial charge in [0.15, 0.2) is 0 Å². The number of halogens is 1. The molecule has 0 saturated heterocycles. The zero-order valence-electron chi connectivity index (χ0n) is 12.9. The van der Waals surface area contributed by atoms with E-state index in [1.54, 1.807) is 23.7 Å². The maximum Gasteiger partial charge on any atom is 0.224 e. The molecule has 5 nitrogen and oxygen atoms in total. The Kier molecular flexibility index (Phi) is 4.92. The van der Waals surface area contributed by atoms with Crippen molar-refractivity contribution in [2.45, 2.75) is 33.3 Å². The van der Waals surface area contributed by atoms with Crippen molar-refractivity contribution in [2.24, 2.45) is 0 Å². The molecule has 0 aliphatic rings. The quantitative estimate of drug-likeness (QED) is 0.883. The summed E-state index contributed by atoms with van der Waals surface area (Å²) in [6.07, 6.45) is -0.376. The molecule has 0 fully saturated rings. The number of aliphatic hydroxyl groups is 1. The minimum absolute atomic E-state index is 0.161. The number of benzene rings is 1. The van der Waals surface area contributed by atoms with Crippen LogP contribution in [0.25, 0.3) is 5.69 Å². The van der Waals surface area contributed by atoms with Crippen LogP contribution in [0.2, 0.25) is 0 Å². The van der Waals surface area contributed by atoms with Crippen molar-refractivity contribution in [1.82, 2.24) is 15.1 Å². The van der Waals surface area contributed by atoms with Crippen LogP contribution in [0.5, 0.6) is 0 Å². The molecule has 2 N–H and O–H groups in total. The first-order valence-electron chi connectivity index (χ1n) is 7.14. The summed E-state index contributed by atoms with van der Waals surface area (Å²) in [7, 11) is 0. The van der Waals surface area contributed by atoms with E-state index in [0.29, 0.717) is 0 Å². The second-order valence-corrected chi connectivity index (χ2v) is 5.37. The molecule has 0 bridgehead atoms. The number of rotatable bonds is 5. The average molecular weight is 305 g/mol. The molecule has 0 saturated carbocycles. The Morgan fingerprint density at radius 2 is 2.00 bits per heavy atom. The lowest BCUT2D eigenvalue weighted by Gasteiger charge is -2.08. The zero-order valence-corrected chi connectivity index (χ0v) is 12.9. The van der Waals surface area contributed by atoms with E-state index in [9.17, 15) is 14.3 Å². The van der Waals surface area contributed by atoms with Gasteiger partial charge in [0, 0.05) is 17.8 Å². The van der Waals surface area contributed by atoms with Crippen molar-refractivity contribution < 1.29 is 14.3 Å². The van der Waals surface area contributed by atoms with Crippen LogP contribution in [0.4, 0.5) is 4.39 Å². The highest BCUT2D eigenvalue weighted by atomic mass is 19.1. The number of nitrogens with one attached hydrogen (secondary N) is 1. The second-order valence-electron chi connectivity index (χ2n) is 5.37. The third kappa shape index (κ3) is 3.71. The van der Waals surface area contributed by atoms with Crippen LogP contribution in [-0.2, 0) is 11.2 Å². The number of aliphatic hydroxyl groups excluding tert-OH is 1. The van der Waals surface area contributed by atoms with Gasteiger partial charge in [0.05, 0.1) is 23.9 Å². The van der Waals surface area contributed by atoms with Crippen molar-refractivity contribution >= 4 is 5.91 Å². The van der Waals surface area contributed by atoms with E-state index in [-0.39, 0.29) is 24.7 Å². The average Bonchev–Trinajstić information content (AvgIpc) is 2.74. The van der Waals surface area contributed by atoms with E-state index >= 15 is 0 Å². The third-order valence-electron chi connectivity index (χ3n) is 3.44. The number of nitrogens with zero attached hydrogens (tertiary/aromatic N) is 2. The van der Waals surface area contributed by atoms with Crippen LogP contribution in [0.1, 0.15) is 23.9 Å². The van der Waals surface area contributed by atoms with Crippen molar-refractivity contribution in [2.75, 3.05) is 6.54 Å². The summed E-state index contributed by atoms with van der Waals surface area (Å²) in [6, 6.07) is 6.04. The molecule has 0 aliphatic heterocycles. The molecule has 2 aromatic rings. The van der Waals surface area contributed by atoms with Crippen LogP contribution in [0.15, 0.2) is 24.3 Å². The van der Waals surface area contributed by atoms with Gasteiger partial charge in [-0.1, -0.05) is 0 Å². The second kappa shape index (κ2) is 6.70. The van der Waals surface area contributed by atoms with Gasteiger partial charge in [-0.25, -0.2) is 9.07 Å². The van der Waals surface area contributed by atoms with Crippen LogP contribution < -0.4 is 5.32 Å². The van der Waals surface area contributed by atoms with Gasteiger partial charge in [0.25, 0.3) is 0 Å². The van der Waals surface area contributed by atoms with Gasteiger partial charge in [-0.3, -0.25) is 4.79 Å². The predicted molar refractivity (Wildman–Crippen MR) is 81.4 cm³/mol. The molecular weight excluding hydrogens is 285 g/mol. The van der Waals surface area contributed by atoms with Crippen molar-refractivity contribution in [1.29, 1.82) is 0 Å². The highest BCUT2D eigenvalue weighted by Gasteiger charge is 2.16. The first-order valence-corrected chi connectivity index (χ1v) is 7.14. The van der Waals surface area contributed by atoms with E-state index in [0.717, 1.165) is 22.6 Å². The molecule has 0 radical (unpaired) electrons. The van der Waals surface area contributed by atoms with Gasteiger partial charge in [0.2, 0.25) is 5.91 Å². The zero-order chi connectivity index (χ0) is 16.3. The summed E-state index contributed by atoms with van der Waals surface area (Å²) in [6.45, 7) is 5.55. The van der Waals surface area contributed by atoms with Gasteiger partial charge in [-0.2, -0.15) is 5.10 Å². The molecule has 6 heteroatoms. The van der Waals surface area contributed by atoms with Crippen molar-refractivity contribution in [3.63, 3.8) is 0 Å². The summed E-state index contributed by atoms with van der Waals surface area (Å²) in [5.74, 6) is -0.464. The highest BCUT2D eigenvalue weighted by molar-refractivity contribution is 5.79. The van der Waals surface area contributed by atoms with Crippen LogP contribution in [-0.4, -0.2) is 33.4 Å². The normalized spacial score (nSPS) is 12.2. The topological polar surface area (TPSA) is 67.2 Å². The van der Waals surface area contributed by atoms with E-state index in [1.165, 1.54) is 12.1 Å². The van der Waals surface area contributed by atoms with E-state index in [2.05, 4.69) is 10.4 Å². The Hall–Kier alpha value is -2.21. The molecule has 2 rings (SSSR count). The fourth-order valence-electron chi connectivity index (χ4n) is 2.25. The highest BCUT2D eigenvalue weighted by Crippen LogP contribution is 2.18. The van der Waals surface area contributed by atoms with Gasteiger partial charge < -0.3 is 10.4 Å².